The summed E-state index contributed by atoms with van der Waals surface area (Å²) in [5.41, 5.74) is 7.85. The predicted octanol–water partition coefficient (Wildman–Crippen LogP) is 2.38. The zero-order valence-electron chi connectivity index (χ0n) is 17.5. The van der Waals surface area contributed by atoms with Gasteiger partial charge in [0, 0.05) is 12.3 Å². The van der Waals surface area contributed by atoms with Crippen LogP contribution in [0.15, 0.2) is 54.3 Å². The van der Waals surface area contributed by atoms with Gasteiger partial charge in [-0.2, -0.15) is 0 Å². The molecule has 0 bridgehead atoms. The van der Waals surface area contributed by atoms with Crippen molar-refractivity contribution in [3.05, 3.63) is 59.9 Å². The third-order valence-electron chi connectivity index (χ3n) is 5.08. The van der Waals surface area contributed by atoms with Crippen LogP contribution in [-0.2, 0) is 19.0 Å². The fourth-order valence-corrected chi connectivity index (χ4v) is 3.49. The second kappa shape index (κ2) is 10.4. The lowest BCUT2D eigenvalue weighted by Crippen LogP contribution is -2.30. The van der Waals surface area contributed by atoms with Crippen molar-refractivity contribution in [2.24, 2.45) is 0 Å². The zero-order chi connectivity index (χ0) is 22.3. The number of allylic oxidation sites excluding steroid dienone is 1. The van der Waals surface area contributed by atoms with Gasteiger partial charge in [-0.05, 0) is 35.9 Å². The number of nitrogens with one attached hydrogen (secondary N) is 1. The van der Waals surface area contributed by atoms with Gasteiger partial charge in [0.2, 0.25) is 13.1 Å². The number of benzene rings is 2. The van der Waals surface area contributed by atoms with Crippen molar-refractivity contribution in [1.29, 1.82) is 0 Å². The molecule has 0 aromatic heterocycles. The van der Waals surface area contributed by atoms with Gasteiger partial charge in [-0.15, -0.1) is 0 Å². The molecule has 9 heteroatoms. The number of hydrogen-bond acceptors (Lipinski definition) is 8. The van der Waals surface area contributed by atoms with Crippen LogP contribution in [0.3, 0.4) is 0 Å². The fraction of sp³-hybridized carbons (Fsp3) is 0.348. The quantitative estimate of drug-likeness (QED) is 0.400. The van der Waals surface area contributed by atoms with Crippen LogP contribution in [0.2, 0.25) is 0 Å². The minimum absolute atomic E-state index is 0.0538. The normalized spacial score (nSPS) is 19.2. The zero-order valence-corrected chi connectivity index (χ0v) is 17.5. The minimum atomic E-state index is -0.651. The van der Waals surface area contributed by atoms with E-state index in [0.717, 1.165) is 5.56 Å². The Morgan fingerprint density at radius 1 is 1.12 bits per heavy atom. The van der Waals surface area contributed by atoms with Crippen molar-refractivity contribution in [2.45, 2.75) is 18.6 Å². The minimum Gasteiger partial charge on any atom is -0.459 e. The summed E-state index contributed by atoms with van der Waals surface area (Å²) in [6, 6.07) is 12.7. The number of ether oxygens (including phenoxy) is 5. The number of hydrogen-bond donors (Lipinski definition) is 3. The molecule has 2 aromatic rings. The molecule has 9 nitrogen and oxygen atoms in total. The van der Waals surface area contributed by atoms with Crippen LogP contribution in [0.4, 0.5) is 11.4 Å². The third-order valence-corrected chi connectivity index (χ3v) is 5.08. The van der Waals surface area contributed by atoms with E-state index in [0.29, 0.717) is 35.9 Å². The van der Waals surface area contributed by atoms with Gasteiger partial charge in [-0.25, -0.2) is 0 Å². The second-order valence-electron chi connectivity index (χ2n) is 7.28. The van der Waals surface area contributed by atoms with Crippen LogP contribution in [-0.4, -0.2) is 50.5 Å². The first-order chi connectivity index (χ1) is 15.6. The van der Waals surface area contributed by atoms with Crippen molar-refractivity contribution in [3.63, 3.8) is 0 Å². The first-order valence-corrected chi connectivity index (χ1v) is 10.4. The highest BCUT2D eigenvalue weighted by atomic mass is 16.7. The molecule has 32 heavy (non-hydrogen) atoms. The van der Waals surface area contributed by atoms with E-state index in [1.165, 1.54) is 0 Å². The van der Waals surface area contributed by atoms with Crippen molar-refractivity contribution in [2.75, 3.05) is 44.3 Å². The third kappa shape index (κ3) is 5.31. The second-order valence-corrected chi connectivity index (χ2v) is 7.28. The first-order valence-electron chi connectivity index (χ1n) is 10.4. The Labute approximate surface area is 185 Å². The average molecular weight is 442 g/mol. The number of fused-ring (bicyclic) bond motifs is 1. The molecule has 1 amide bonds. The Morgan fingerprint density at radius 3 is 2.81 bits per heavy atom. The van der Waals surface area contributed by atoms with Crippen molar-refractivity contribution in [1.82, 2.24) is 0 Å². The summed E-state index contributed by atoms with van der Waals surface area (Å²) >= 11 is 0. The van der Waals surface area contributed by atoms with Gasteiger partial charge in [0.25, 0.3) is 5.91 Å². The maximum atomic E-state index is 12.9. The number of rotatable bonds is 9. The van der Waals surface area contributed by atoms with Crippen LogP contribution < -0.4 is 20.5 Å². The summed E-state index contributed by atoms with van der Waals surface area (Å²) in [5, 5.41) is 11.6. The summed E-state index contributed by atoms with van der Waals surface area (Å²) in [4.78, 5) is 12.9. The molecule has 0 aliphatic carbocycles. The number of aliphatic hydroxyl groups excluding tert-OH is 1. The molecule has 0 saturated heterocycles. The Hall–Kier alpha value is -3.27. The number of aliphatic hydroxyl groups is 1. The molecule has 4 rings (SSSR count). The monoisotopic (exact) mass is 442 g/mol. The van der Waals surface area contributed by atoms with Crippen molar-refractivity contribution >= 4 is 17.3 Å². The standard InChI is InChI=1S/C23H26N2O7/c24-17-3-1-2-4-18(17)25-23(27)21-12-16(13-22(32-21)29-10-9-28-8-7-26)15-5-6-19-20(11-15)31-14-30-19/h1-6,11-12,16,22,26H,7-10,13-14,24H2,(H,25,27)/t16-,22+/m1/s1. The Bertz CT molecular complexity index is 979. The highest BCUT2D eigenvalue weighted by Crippen LogP contribution is 2.38. The summed E-state index contributed by atoms with van der Waals surface area (Å²) in [5.74, 6) is 0.939. The molecular formula is C23H26N2O7. The smallest absolute Gasteiger partial charge is 0.290 e. The number of anilines is 2. The average Bonchev–Trinajstić information content (AvgIpc) is 3.28. The van der Waals surface area contributed by atoms with E-state index in [9.17, 15) is 4.79 Å². The summed E-state index contributed by atoms with van der Waals surface area (Å²) < 4.78 is 27.7. The molecule has 0 radical (unpaired) electrons. The van der Waals surface area contributed by atoms with Crippen LogP contribution in [0, 0.1) is 0 Å². The van der Waals surface area contributed by atoms with Gasteiger partial charge in [-0.3, -0.25) is 4.79 Å². The van der Waals surface area contributed by atoms with Gasteiger partial charge in [0.15, 0.2) is 17.3 Å². The molecule has 0 unspecified atom stereocenters. The van der Waals surface area contributed by atoms with E-state index >= 15 is 0 Å². The topological polar surface area (TPSA) is 122 Å². The number of amides is 1. The van der Waals surface area contributed by atoms with E-state index in [1.807, 2.05) is 18.2 Å². The van der Waals surface area contributed by atoms with E-state index in [4.69, 9.17) is 34.5 Å². The van der Waals surface area contributed by atoms with Gasteiger partial charge >= 0.3 is 0 Å². The van der Waals surface area contributed by atoms with E-state index < -0.39 is 12.2 Å². The predicted molar refractivity (Wildman–Crippen MR) is 116 cm³/mol. The molecule has 2 atom stereocenters. The number of nitrogens with two attached hydrogens (primary N) is 1. The van der Waals surface area contributed by atoms with Gasteiger partial charge in [0.1, 0.15) is 0 Å². The van der Waals surface area contributed by atoms with E-state index in [1.54, 1.807) is 30.3 Å². The first kappa shape index (κ1) is 21.9. The molecule has 170 valence electrons. The number of nitrogen functional groups attached to an aromatic ring is 1. The van der Waals surface area contributed by atoms with E-state index in [-0.39, 0.29) is 38.3 Å². The fourth-order valence-electron chi connectivity index (χ4n) is 3.49. The number of para-hydroxylation sites is 2. The highest BCUT2D eigenvalue weighted by molar-refractivity contribution is 6.04. The maximum Gasteiger partial charge on any atom is 0.290 e. The number of carbonyl (C=O) groups is 1. The van der Waals surface area contributed by atoms with E-state index in [2.05, 4.69) is 5.32 Å². The van der Waals surface area contributed by atoms with Crippen LogP contribution in [0.1, 0.15) is 17.9 Å². The lowest BCUT2D eigenvalue weighted by molar-refractivity contribution is -0.148. The summed E-state index contributed by atoms with van der Waals surface area (Å²) in [7, 11) is 0. The van der Waals surface area contributed by atoms with Crippen molar-refractivity contribution in [3.8, 4) is 11.5 Å². The van der Waals surface area contributed by atoms with Crippen LogP contribution in [0.25, 0.3) is 0 Å². The largest absolute Gasteiger partial charge is 0.459 e. The molecule has 2 aliphatic heterocycles. The lowest BCUT2D eigenvalue weighted by atomic mass is 9.92. The molecule has 0 saturated carbocycles. The highest BCUT2D eigenvalue weighted by Gasteiger charge is 2.30. The summed E-state index contributed by atoms with van der Waals surface area (Å²) in [6.07, 6.45) is 1.62. The SMILES string of the molecule is Nc1ccccc1NC(=O)C1=C[C@@H](c2ccc3c(c2)OCO3)C[C@@H](OCCOCCO)O1. The maximum absolute atomic E-state index is 12.9. The molecule has 2 aromatic carbocycles. The lowest BCUT2D eigenvalue weighted by Gasteiger charge is -2.29. The van der Waals surface area contributed by atoms with Gasteiger partial charge in [0.05, 0.1) is 37.8 Å². The molecule has 0 spiro atoms. The Kier molecular flexibility index (Phi) is 7.10. The molecular weight excluding hydrogens is 416 g/mol. The Morgan fingerprint density at radius 2 is 1.97 bits per heavy atom. The molecule has 0 fully saturated rings. The van der Waals surface area contributed by atoms with Crippen molar-refractivity contribution < 1.29 is 33.6 Å². The van der Waals surface area contributed by atoms with Gasteiger partial charge < -0.3 is 39.8 Å². The van der Waals surface area contributed by atoms with Gasteiger partial charge in [-0.1, -0.05) is 18.2 Å². The molecule has 4 N–H and O–H groups in total. The molecule has 2 heterocycles. The summed E-state index contributed by atoms with van der Waals surface area (Å²) in [6.45, 7) is 0.941. The molecule has 2 aliphatic rings. The Balaban J connectivity index is 1.51. The van der Waals surface area contributed by atoms with Crippen LogP contribution >= 0.6 is 0 Å². The number of carbonyl (C=O) groups excluding carboxylic acids is 1. The van der Waals surface area contributed by atoms with Crippen LogP contribution in [0.5, 0.6) is 11.5 Å².